The normalized spacial score (nSPS) is 11.4. The van der Waals surface area contributed by atoms with Crippen LogP contribution < -0.4 is 16.6 Å². The van der Waals surface area contributed by atoms with Crippen molar-refractivity contribution in [3.8, 4) is 0 Å². The third-order valence-electron chi connectivity index (χ3n) is 3.06. The van der Waals surface area contributed by atoms with Crippen LogP contribution in [0.4, 0.5) is 11.8 Å². The van der Waals surface area contributed by atoms with Crippen molar-refractivity contribution in [2.75, 3.05) is 17.3 Å². The van der Waals surface area contributed by atoms with Gasteiger partial charge in [0.2, 0.25) is 5.95 Å². The highest BCUT2D eigenvalue weighted by Gasteiger charge is 2.18. The van der Waals surface area contributed by atoms with Crippen molar-refractivity contribution in [2.45, 2.75) is 46.5 Å². The first-order valence-corrected chi connectivity index (χ1v) is 7.51. The third-order valence-corrected chi connectivity index (χ3v) is 3.65. The fraction of sp³-hybridized carbons (Fsp3) is 0.692. The summed E-state index contributed by atoms with van der Waals surface area (Å²) in [7, 11) is 0. The zero-order valence-corrected chi connectivity index (χ0v) is 13.5. The maximum absolute atomic E-state index is 5.31. The smallest absolute Gasteiger partial charge is 0.239 e. The van der Waals surface area contributed by atoms with Crippen LogP contribution in [0.3, 0.4) is 0 Å². The molecule has 5 nitrogen and oxygen atoms in total. The van der Waals surface area contributed by atoms with Crippen LogP contribution >= 0.6 is 15.9 Å². The number of anilines is 2. The molecule has 1 aromatic rings. The number of nitrogen functional groups attached to an aromatic ring is 1. The maximum Gasteiger partial charge on any atom is 0.239 e. The van der Waals surface area contributed by atoms with Gasteiger partial charge in [-0.15, -0.1) is 0 Å². The van der Waals surface area contributed by atoms with Crippen LogP contribution in [0, 0.1) is 5.41 Å². The molecule has 0 atom stereocenters. The number of rotatable bonds is 8. The molecule has 0 radical (unpaired) electrons. The lowest BCUT2D eigenvalue weighted by Gasteiger charge is -2.25. The maximum atomic E-state index is 5.31. The van der Waals surface area contributed by atoms with Crippen molar-refractivity contribution in [1.82, 2.24) is 9.97 Å². The van der Waals surface area contributed by atoms with E-state index < -0.39 is 0 Å². The number of hydrazine groups is 1. The third kappa shape index (κ3) is 5.74. The van der Waals surface area contributed by atoms with Gasteiger partial charge in [0.1, 0.15) is 5.82 Å². The Hall–Kier alpha value is -0.880. The van der Waals surface area contributed by atoms with E-state index in [1.165, 1.54) is 25.7 Å². The van der Waals surface area contributed by atoms with E-state index in [4.69, 9.17) is 5.84 Å². The quantitative estimate of drug-likeness (QED) is 0.386. The van der Waals surface area contributed by atoms with Gasteiger partial charge >= 0.3 is 0 Å². The molecule has 1 rings (SSSR count). The van der Waals surface area contributed by atoms with Gasteiger partial charge in [-0.05, 0) is 27.8 Å². The second-order valence-corrected chi connectivity index (χ2v) is 6.36. The molecule has 0 unspecified atom stereocenters. The van der Waals surface area contributed by atoms with Crippen LogP contribution in [0.15, 0.2) is 10.7 Å². The van der Waals surface area contributed by atoms with Crippen LogP contribution in [0.5, 0.6) is 0 Å². The monoisotopic (exact) mass is 329 g/mol. The molecule has 0 bridgehead atoms. The lowest BCUT2D eigenvalue weighted by molar-refractivity contribution is 0.342. The Morgan fingerprint density at radius 1 is 1.37 bits per heavy atom. The molecule has 0 spiro atoms. The van der Waals surface area contributed by atoms with Gasteiger partial charge in [0.05, 0.1) is 4.47 Å². The Labute approximate surface area is 123 Å². The van der Waals surface area contributed by atoms with Gasteiger partial charge in [-0.1, -0.05) is 40.0 Å². The first-order chi connectivity index (χ1) is 8.98. The average molecular weight is 330 g/mol. The Bertz CT molecular complexity index is 395. The van der Waals surface area contributed by atoms with Gasteiger partial charge in [0.25, 0.3) is 0 Å². The number of nitrogens with two attached hydrogens (primary N) is 1. The van der Waals surface area contributed by atoms with Gasteiger partial charge in [0, 0.05) is 12.7 Å². The largest absolute Gasteiger partial charge is 0.368 e. The number of hydrogen-bond acceptors (Lipinski definition) is 5. The Morgan fingerprint density at radius 2 is 2.11 bits per heavy atom. The van der Waals surface area contributed by atoms with Crippen LogP contribution in [-0.4, -0.2) is 16.5 Å². The van der Waals surface area contributed by atoms with Crippen LogP contribution in [0.25, 0.3) is 0 Å². The fourth-order valence-electron chi connectivity index (χ4n) is 1.83. The molecule has 1 heterocycles. The summed E-state index contributed by atoms with van der Waals surface area (Å²) in [6.45, 7) is 7.64. The molecule has 0 aromatic carbocycles. The van der Waals surface area contributed by atoms with Crippen molar-refractivity contribution in [3.05, 3.63) is 10.7 Å². The lowest BCUT2D eigenvalue weighted by atomic mass is 9.87. The molecule has 1 aromatic heterocycles. The summed E-state index contributed by atoms with van der Waals surface area (Å²) >= 11 is 3.44. The minimum absolute atomic E-state index is 0.246. The van der Waals surface area contributed by atoms with E-state index >= 15 is 0 Å². The van der Waals surface area contributed by atoms with E-state index in [0.29, 0.717) is 5.95 Å². The van der Waals surface area contributed by atoms with Crippen molar-refractivity contribution >= 4 is 27.7 Å². The SMILES string of the molecule is CCCCCC(C)(C)CNc1nc(NN)ncc1Br. The predicted octanol–water partition coefficient (Wildman–Crippen LogP) is 3.54. The first kappa shape index (κ1) is 16.2. The molecule has 19 heavy (non-hydrogen) atoms. The van der Waals surface area contributed by atoms with Crippen LogP contribution in [-0.2, 0) is 0 Å². The number of nitrogens with zero attached hydrogens (tertiary/aromatic N) is 2. The highest BCUT2D eigenvalue weighted by Crippen LogP contribution is 2.26. The molecule has 0 saturated carbocycles. The van der Waals surface area contributed by atoms with E-state index in [9.17, 15) is 0 Å². The van der Waals surface area contributed by atoms with Gasteiger partial charge in [-0.3, -0.25) is 5.43 Å². The van der Waals surface area contributed by atoms with Crippen molar-refractivity contribution in [3.63, 3.8) is 0 Å². The van der Waals surface area contributed by atoms with Crippen molar-refractivity contribution < 1.29 is 0 Å². The minimum atomic E-state index is 0.246. The highest BCUT2D eigenvalue weighted by atomic mass is 79.9. The highest BCUT2D eigenvalue weighted by molar-refractivity contribution is 9.10. The summed E-state index contributed by atoms with van der Waals surface area (Å²) in [4.78, 5) is 8.31. The number of hydrogen-bond donors (Lipinski definition) is 3. The molecular formula is C13H24BrN5. The molecule has 0 aliphatic heterocycles. The van der Waals surface area contributed by atoms with Crippen LogP contribution in [0.1, 0.15) is 46.5 Å². The molecule has 108 valence electrons. The number of aromatic nitrogens is 2. The molecule has 0 aliphatic rings. The van der Waals surface area contributed by atoms with Gasteiger partial charge < -0.3 is 5.32 Å². The number of unbranched alkanes of at least 4 members (excludes halogenated alkanes) is 2. The standard InChI is InChI=1S/C13H24BrN5/c1-4-5-6-7-13(2,3)9-17-11-10(14)8-16-12(18-11)19-15/h8H,4-7,9,15H2,1-3H3,(H2,16,17,18,19). The Kier molecular flexibility index (Phi) is 6.51. The summed E-state index contributed by atoms with van der Waals surface area (Å²) < 4.78 is 0.843. The second kappa shape index (κ2) is 7.65. The summed E-state index contributed by atoms with van der Waals surface area (Å²) in [5, 5.41) is 3.36. The Morgan fingerprint density at radius 3 is 2.74 bits per heavy atom. The summed E-state index contributed by atoms with van der Waals surface area (Å²) in [5.41, 5.74) is 2.70. The zero-order chi connectivity index (χ0) is 14.3. The van der Waals surface area contributed by atoms with Gasteiger partial charge in [-0.2, -0.15) is 4.98 Å². The summed E-state index contributed by atoms with van der Waals surface area (Å²) in [6, 6.07) is 0. The summed E-state index contributed by atoms with van der Waals surface area (Å²) in [5.74, 6) is 6.50. The van der Waals surface area contributed by atoms with Gasteiger partial charge in [-0.25, -0.2) is 10.8 Å². The van der Waals surface area contributed by atoms with E-state index in [1.54, 1.807) is 6.20 Å². The molecule has 6 heteroatoms. The fourth-order valence-corrected chi connectivity index (χ4v) is 2.16. The summed E-state index contributed by atoms with van der Waals surface area (Å²) in [6.07, 6.45) is 6.72. The van der Waals surface area contributed by atoms with E-state index in [1.807, 2.05) is 0 Å². The van der Waals surface area contributed by atoms with Gasteiger partial charge in [0.15, 0.2) is 0 Å². The van der Waals surface area contributed by atoms with E-state index in [2.05, 4.69) is 57.4 Å². The van der Waals surface area contributed by atoms with E-state index in [-0.39, 0.29) is 5.41 Å². The number of halogens is 1. The minimum Gasteiger partial charge on any atom is -0.368 e. The molecule has 4 N–H and O–H groups in total. The Balaban J connectivity index is 2.55. The van der Waals surface area contributed by atoms with Crippen molar-refractivity contribution in [2.24, 2.45) is 11.3 Å². The lowest BCUT2D eigenvalue weighted by Crippen LogP contribution is -2.24. The molecular weight excluding hydrogens is 306 g/mol. The molecule has 0 amide bonds. The van der Waals surface area contributed by atoms with Crippen LogP contribution in [0.2, 0.25) is 0 Å². The second-order valence-electron chi connectivity index (χ2n) is 5.51. The van der Waals surface area contributed by atoms with E-state index in [0.717, 1.165) is 16.8 Å². The average Bonchev–Trinajstić information content (AvgIpc) is 2.38. The van der Waals surface area contributed by atoms with Crippen molar-refractivity contribution in [1.29, 1.82) is 0 Å². The molecule has 0 aliphatic carbocycles. The topological polar surface area (TPSA) is 75.9 Å². The molecule has 0 saturated heterocycles. The zero-order valence-electron chi connectivity index (χ0n) is 12.0. The predicted molar refractivity (Wildman–Crippen MR) is 84.0 cm³/mol. The molecule has 0 fully saturated rings. The number of nitrogens with one attached hydrogen (secondary N) is 2. The first-order valence-electron chi connectivity index (χ1n) is 6.71.